The second-order valence-corrected chi connectivity index (χ2v) is 4.68. The standard InChI is InChI=1S/C13H13N3OS/c1-10-13(18-9-15-10)7-16(8-14)11-3-5-12(17-2)6-4-11/h3-6,9H,7H2,1-2H3. The molecule has 0 atom stereocenters. The molecule has 0 bridgehead atoms. The maximum Gasteiger partial charge on any atom is 0.184 e. The molecule has 1 heterocycles. The van der Waals surface area contributed by atoms with Crippen molar-refractivity contribution in [2.45, 2.75) is 13.5 Å². The Bertz CT molecular complexity index is 556. The van der Waals surface area contributed by atoms with Gasteiger partial charge in [-0.2, -0.15) is 5.26 Å². The molecule has 2 rings (SSSR count). The summed E-state index contributed by atoms with van der Waals surface area (Å²) < 4.78 is 5.10. The van der Waals surface area contributed by atoms with Crippen LogP contribution in [0.4, 0.5) is 5.69 Å². The van der Waals surface area contributed by atoms with Gasteiger partial charge in [0, 0.05) is 4.88 Å². The Morgan fingerprint density at radius 3 is 2.61 bits per heavy atom. The van der Waals surface area contributed by atoms with Crippen LogP contribution < -0.4 is 9.64 Å². The fourth-order valence-electron chi connectivity index (χ4n) is 1.57. The van der Waals surface area contributed by atoms with E-state index in [1.54, 1.807) is 28.9 Å². The number of nitriles is 1. The summed E-state index contributed by atoms with van der Waals surface area (Å²) in [5, 5.41) is 9.22. The number of rotatable bonds is 4. The summed E-state index contributed by atoms with van der Waals surface area (Å²) in [7, 11) is 1.62. The fraction of sp³-hybridized carbons (Fsp3) is 0.231. The first-order valence-electron chi connectivity index (χ1n) is 5.45. The van der Waals surface area contributed by atoms with Crippen LogP contribution in [0, 0.1) is 18.4 Å². The van der Waals surface area contributed by atoms with Crippen LogP contribution in [0.15, 0.2) is 29.8 Å². The third-order valence-corrected chi connectivity index (χ3v) is 3.57. The number of thiazole rings is 1. The van der Waals surface area contributed by atoms with Gasteiger partial charge in [-0.3, -0.25) is 4.90 Å². The minimum Gasteiger partial charge on any atom is -0.497 e. The van der Waals surface area contributed by atoms with E-state index in [1.165, 1.54) is 0 Å². The van der Waals surface area contributed by atoms with Crippen LogP contribution >= 0.6 is 11.3 Å². The number of hydrogen-bond acceptors (Lipinski definition) is 5. The van der Waals surface area contributed by atoms with E-state index in [0.29, 0.717) is 6.54 Å². The van der Waals surface area contributed by atoms with Crippen LogP contribution in [0.25, 0.3) is 0 Å². The molecule has 1 aromatic heterocycles. The van der Waals surface area contributed by atoms with Gasteiger partial charge in [-0.15, -0.1) is 11.3 Å². The molecule has 0 spiro atoms. The smallest absolute Gasteiger partial charge is 0.184 e. The second-order valence-electron chi connectivity index (χ2n) is 3.75. The molecule has 2 aromatic rings. The van der Waals surface area contributed by atoms with Crippen molar-refractivity contribution in [2.24, 2.45) is 0 Å². The number of aromatic nitrogens is 1. The van der Waals surface area contributed by atoms with E-state index >= 15 is 0 Å². The highest BCUT2D eigenvalue weighted by atomic mass is 32.1. The molecular weight excluding hydrogens is 246 g/mol. The highest BCUT2D eigenvalue weighted by Gasteiger charge is 2.10. The molecule has 0 saturated carbocycles. The lowest BCUT2D eigenvalue weighted by Gasteiger charge is -2.15. The van der Waals surface area contributed by atoms with Crippen LogP contribution in [0.3, 0.4) is 0 Å². The van der Waals surface area contributed by atoms with Crippen molar-refractivity contribution in [1.82, 2.24) is 4.98 Å². The van der Waals surface area contributed by atoms with E-state index in [4.69, 9.17) is 4.74 Å². The summed E-state index contributed by atoms with van der Waals surface area (Å²) in [4.78, 5) is 6.93. The topological polar surface area (TPSA) is 49.1 Å². The molecule has 0 saturated heterocycles. The van der Waals surface area contributed by atoms with Crippen molar-refractivity contribution < 1.29 is 4.74 Å². The van der Waals surface area contributed by atoms with Crippen LogP contribution in [0.1, 0.15) is 10.6 Å². The van der Waals surface area contributed by atoms with E-state index in [1.807, 2.05) is 31.2 Å². The first kappa shape index (κ1) is 12.4. The summed E-state index contributed by atoms with van der Waals surface area (Å²) in [5.41, 5.74) is 3.63. The van der Waals surface area contributed by atoms with Gasteiger partial charge in [0.25, 0.3) is 0 Å². The van der Waals surface area contributed by atoms with Gasteiger partial charge in [0.05, 0.1) is 30.5 Å². The number of benzene rings is 1. The predicted molar refractivity (Wildman–Crippen MR) is 71.6 cm³/mol. The average molecular weight is 259 g/mol. The maximum atomic E-state index is 9.22. The Labute approximate surface area is 110 Å². The molecule has 0 unspecified atom stereocenters. The Kier molecular flexibility index (Phi) is 3.80. The van der Waals surface area contributed by atoms with Crippen molar-refractivity contribution in [1.29, 1.82) is 5.26 Å². The minimum absolute atomic E-state index is 0.555. The lowest BCUT2D eigenvalue weighted by molar-refractivity contribution is 0.415. The van der Waals surface area contributed by atoms with E-state index in [9.17, 15) is 5.26 Å². The summed E-state index contributed by atoms with van der Waals surface area (Å²) in [5.74, 6) is 0.783. The quantitative estimate of drug-likeness (QED) is 0.625. The lowest BCUT2D eigenvalue weighted by Crippen LogP contribution is -2.15. The van der Waals surface area contributed by atoms with E-state index in [-0.39, 0.29) is 0 Å². The highest BCUT2D eigenvalue weighted by molar-refractivity contribution is 7.09. The Hall–Kier alpha value is -2.06. The van der Waals surface area contributed by atoms with Crippen molar-refractivity contribution in [3.63, 3.8) is 0 Å². The Morgan fingerprint density at radius 1 is 1.39 bits per heavy atom. The third kappa shape index (κ3) is 2.60. The van der Waals surface area contributed by atoms with Gasteiger partial charge in [-0.25, -0.2) is 4.98 Å². The SMILES string of the molecule is COc1ccc(N(C#N)Cc2scnc2C)cc1. The number of nitrogens with zero attached hydrogens (tertiary/aromatic N) is 3. The molecule has 4 nitrogen and oxygen atoms in total. The van der Waals surface area contributed by atoms with Gasteiger partial charge in [-0.1, -0.05) is 0 Å². The lowest BCUT2D eigenvalue weighted by atomic mass is 10.2. The molecule has 0 aliphatic heterocycles. The van der Waals surface area contributed by atoms with Gasteiger partial charge in [-0.05, 0) is 31.2 Å². The molecule has 0 amide bonds. The van der Waals surface area contributed by atoms with Gasteiger partial charge in [0.15, 0.2) is 6.19 Å². The first-order valence-corrected chi connectivity index (χ1v) is 6.33. The van der Waals surface area contributed by atoms with Crippen molar-refractivity contribution in [2.75, 3.05) is 12.0 Å². The number of hydrogen-bond donors (Lipinski definition) is 0. The Morgan fingerprint density at radius 2 is 2.11 bits per heavy atom. The molecule has 92 valence electrons. The first-order chi connectivity index (χ1) is 8.74. The summed E-state index contributed by atoms with van der Waals surface area (Å²) >= 11 is 1.57. The maximum absolute atomic E-state index is 9.22. The summed E-state index contributed by atoms with van der Waals surface area (Å²) in [6, 6.07) is 7.44. The van der Waals surface area contributed by atoms with Gasteiger partial charge < -0.3 is 4.74 Å². The molecule has 18 heavy (non-hydrogen) atoms. The molecule has 0 fully saturated rings. The van der Waals surface area contributed by atoms with E-state index < -0.39 is 0 Å². The van der Waals surface area contributed by atoms with Crippen molar-refractivity contribution in [3.8, 4) is 11.9 Å². The number of methoxy groups -OCH3 is 1. The fourth-order valence-corrected chi connectivity index (χ4v) is 2.33. The summed E-state index contributed by atoms with van der Waals surface area (Å²) in [6.45, 7) is 2.51. The number of ether oxygens (including phenoxy) is 1. The molecule has 0 N–H and O–H groups in total. The van der Waals surface area contributed by atoms with E-state index in [0.717, 1.165) is 22.0 Å². The third-order valence-electron chi connectivity index (χ3n) is 2.65. The van der Waals surface area contributed by atoms with Gasteiger partial charge in [0.1, 0.15) is 5.75 Å². The van der Waals surface area contributed by atoms with E-state index in [2.05, 4.69) is 11.2 Å². The zero-order chi connectivity index (χ0) is 13.0. The monoisotopic (exact) mass is 259 g/mol. The molecule has 0 radical (unpaired) electrons. The zero-order valence-corrected chi connectivity index (χ0v) is 11.1. The van der Waals surface area contributed by atoms with Crippen molar-refractivity contribution >= 4 is 17.0 Å². The number of anilines is 1. The normalized spacial score (nSPS) is 9.83. The van der Waals surface area contributed by atoms with Gasteiger partial charge in [0.2, 0.25) is 0 Å². The Balaban J connectivity index is 2.18. The zero-order valence-electron chi connectivity index (χ0n) is 10.3. The molecular formula is C13H13N3OS. The van der Waals surface area contributed by atoms with Crippen LogP contribution in [-0.4, -0.2) is 12.1 Å². The molecule has 5 heteroatoms. The molecule has 1 aromatic carbocycles. The van der Waals surface area contributed by atoms with Crippen LogP contribution in [0.2, 0.25) is 0 Å². The highest BCUT2D eigenvalue weighted by Crippen LogP contribution is 2.22. The van der Waals surface area contributed by atoms with Gasteiger partial charge >= 0.3 is 0 Å². The van der Waals surface area contributed by atoms with Crippen molar-refractivity contribution in [3.05, 3.63) is 40.3 Å². The predicted octanol–water partition coefficient (Wildman–Crippen LogP) is 2.95. The number of aryl methyl sites for hydroxylation is 1. The summed E-state index contributed by atoms with van der Waals surface area (Å²) in [6.07, 6.45) is 2.19. The largest absolute Gasteiger partial charge is 0.497 e. The minimum atomic E-state index is 0.555. The van der Waals surface area contributed by atoms with Crippen LogP contribution in [0.5, 0.6) is 5.75 Å². The van der Waals surface area contributed by atoms with Crippen LogP contribution in [-0.2, 0) is 6.54 Å². The second kappa shape index (κ2) is 5.52. The molecule has 0 aliphatic carbocycles. The average Bonchev–Trinajstić information content (AvgIpc) is 2.81. The molecule has 0 aliphatic rings.